The summed E-state index contributed by atoms with van der Waals surface area (Å²) >= 11 is 0. The lowest BCUT2D eigenvalue weighted by atomic mass is 9.59. The van der Waals surface area contributed by atoms with Crippen LogP contribution in [0.1, 0.15) is 0 Å². The summed E-state index contributed by atoms with van der Waals surface area (Å²) in [6.07, 6.45) is 0. The molecule has 1 aromatic heterocycles. The minimum atomic E-state index is 0.998. The first-order chi connectivity index (χ1) is 28.7. The van der Waals surface area contributed by atoms with Gasteiger partial charge in [-0.25, -0.2) is 4.98 Å². The molecule has 0 fully saturated rings. The molecule has 0 aliphatic heterocycles. The Kier molecular flexibility index (Phi) is 9.97. The molecule has 0 N–H and O–H groups in total. The van der Waals surface area contributed by atoms with Crippen molar-refractivity contribution in [3.05, 3.63) is 103 Å². The maximum atomic E-state index is 5.36. The monoisotopic (exact) mass is 754 g/mol. The maximum absolute atomic E-state index is 5.36. The van der Waals surface area contributed by atoms with E-state index in [0.717, 1.165) is 22.5 Å². The average Bonchev–Trinajstić information content (AvgIpc) is 3.65. The molecule has 8 aromatic carbocycles. The number of benzene rings is 8. The molecule has 9 rings (SSSR count). The normalized spacial score (nSPS) is 11.5. The fourth-order valence-electron chi connectivity index (χ4n) is 10.3. The third kappa shape index (κ3) is 5.86. The van der Waals surface area contributed by atoms with Crippen molar-refractivity contribution in [1.82, 2.24) is 9.55 Å². The van der Waals surface area contributed by atoms with Gasteiger partial charge in [-0.1, -0.05) is 112 Å². The van der Waals surface area contributed by atoms with Crippen LogP contribution in [0.4, 0.5) is 0 Å². The number of rotatable bonds is 5. The first kappa shape index (κ1) is 40.0. The molecule has 0 amide bonds. The quantitative estimate of drug-likeness (QED) is 0.126. The van der Waals surface area contributed by atoms with Gasteiger partial charge >= 0.3 is 0 Å². The third-order valence-corrected chi connectivity index (χ3v) is 14.9. The molecule has 0 unspecified atom stereocenters. The molecule has 0 radical (unpaired) electrons. The Morgan fingerprint density at radius 3 is 1.27 bits per heavy atom. The number of hydrogen-bond acceptors (Lipinski definition) is 1. The van der Waals surface area contributed by atoms with Gasteiger partial charge in [0, 0.05) is 11.3 Å². The van der Waals surface area contributed by atoms with Crippen molar-refractivity contribution < 1.29 is 0 Å². The van der Waals surface area contributed by atoms with Gasteiger partial charge in [0.1, 0.15) is 108 Å². The van der Waals surface area contributed by atoms with Gasteiger partial charge < -0.3 is 0 Å². The first-order valence-electron chi connectivity index (χ1n) is 21.5. The van der Waals surface area contributed by atoms with Crippen LogP contribution in [-0.2, 0) is 0 Å². The second-order valence-electron chi connectivity index (χ2n) is 17.5. The third-order valence-electron chi connectivity index (χ3n) is 14.9. The van der Waals surface area contributed by atoms with E-state index >= 15 is 0 Å². The fraction of sp³-hybridized carbons (Fsp3) is 0. The van der Waals surface area contributed by atoms with Gasteiger partial charge in [0.05, 0.1) is 11.0 Å². The molecule has 15 heteroatoms. The Morgan fingerprint density at radius 2 is 0.733 bits per heavy atom. The highest BCUT2D eigenvalue weighted by Crippen LogP contribution is 2.44. The first-order valence-corrected chi connectivity index (χ1v) is 21.5. The molecule has 0 aliphatic rings. The van der Waals surface area contributed by atoms with Crippen molar-refractivity contribution in [3.63, 3.8) is 0 Å². The lowest BCUT2D eigenvalue weighted by Crippen LogP contribution is -2.55. The molecule has 0 atom stereocenters. The van der Waals surface area contributed by atoms with E-state index in [2.05, 4.69) is 210 Å². The van der Waals surface area contributed by atoms with Crippen LogP contribution in [-0.4, -0.2) is 112 Å². The standard InChI is InChI=1S/C45H43B13N2/c46-32-27-25(19-14-16-20(17-15-19)60-24-13-7-6-12-23(24)59-45(60)31-36(50)42(56)44(58)43(57)37(31)51)28-30(35(49)41(55)39(53)33(28)47)26(29(27)34(48)40(54)38(32)52)22-11-5-4-10-21(22)18-8-2-1-3-9-18/h1-17H,46-58H2. The zero-order valence-electron chi connectivity index (χ0n) is 37.7. The lowest BCUT2D eigenvalue weighted by Gasteiger charge is -2.29. The Bertz CT molecular complexity index is 3180. The van der Waals surface area contributed by atoms with Crippen LogP contribution in [0.3, 0.4) is 0 Å². The van der Waals surface area contributed by atoms with Crippen LogP contribution in [0.15, 0.2) is 103 Å². The molecule has 0 aliphatic carbocycles. The SMILES string of the molecule is Bc1c(B)c(B)c(-c2nc3ccccc3n2-c2ccc(-c3c4c(B)c(B)c(B)c(B)c4c(-c4ccccc4-c4ccccc4)c4c(B)c(B)c(B)c(B)c34)cc2)c(B)c1B. The number of imidazole rings is 1. The molecule has 0 saturated carbocycles. The predicted octanol–water partition coefficient (Wildman–Crippen LogP) is -10.6. The minimum absolute atomic E-state index is 0.998. The van der Waals surface area contributed by atoms with E-state index in [0.29, 0.717) is 0 Å². The van der Waals surface area contributed by atoms with Crippen LogP contribution < -0.4 is 71.0 Å². The van der Waals surface area contributed by atoms with E-state index in [4.69, 9.17) is 4.98 Å². The van der Waals surface area contributed by atoms with Crippen LogP contribution in [0.25, 0.3) is 83.0 Å². The smallest absolute Gasteiger partial charge is 0.144 e. The van der Waals surface area contributed by atoms with Gasteiger partial charge in [-0.15, -0.1) is 38.2 Å². The zero-order chi connectivity index (χ0) is 42.5. The Hall–Kier alpha value is -5.41. The summed E-state index contributed by atoms with van der Waals surface area (Å²) in [5.41, 5.74) is 29.6. The number of aromatic nitrogens is 2. The van der Waals surface area contributed by atoms with Gasteiger partial charge in [0.2, 0.25) is 0 Å². The molecule has 0 bridgehead atoms. The highest BCUT2D eigenvalue weighted by atomic mass is 15.1. The predicted molar refractivity (Wildman–Crippen MR) is 304 cm³/mol. The fourth-order valence-corrected chi connectivity index (χ4v) is 10.3. The molecular weight excluding hydrogens is 709 g/mol. The lowest BCUT2D eigenvalue weighted by molar-refractivity contribution is 1.11. The molecule has 0 saturated heterocycles. The summed E-state index contributed by atoms with van der Waals surface area (Å²) in [5.74, 6) is 0.998. The largest absolute Gasteiger partial charge is 0.292 e. The van der Waals surface area contributed by atoms with Crippen LogP contribution >= 0.6 is 0 Å². The number of fused-ring (bicyclic) bond motifs is 3. The molecule has 9 aromatic rings. The van der Waals surface area contributed by atoms with E-state index in [9.17, 15) is 0 Å². The summed E-state index contributed by atoms with van der Waals surface area (Å²) < 4.78 is 2.38. The van der Waals surface area contributed by atoms with Crippen LogP contribution in [0.2, 0.25) is 0 Å². The Labute approximate surface area is 366 Å². The van der Waals surface area contributed by atoms with Crippen molar-refractivity contribution in [2.75, 3.05) is 0 Å². The van der Waals surface area contributed by atoms with Crippen LogP contribution in [0, 0.1) is 0 Å². The molecule has 60 heavy (non-hydrogen) atoms. The Balaban J connectivity index is 1.40. The van der Waals surface area contributed by atoms with E-state index < -0.39 is 0 Å². The summed E-state index contributed by atoms with van der Waals surface area (Å²) in [7, 11) is 29.9. The molecule has 0 spiro atoms. The topological polar surface area (TPSA) is 17.8 Å². The van der Waals surface area contributed by atoms with E-state index in [1.54, 1.807) is 0 Å². The van der Waals surface area contributed by atoms with Gasteiger partial charge in [0.25, 0.3) is 0 Å². The maximum Gasteiger partial charge on any atom is 0.144 e. The van der Waals surface area contributed by atoms with E-state index in [1.807, 2.05) is 0 Å². The average molecular weight is 752 g/mol. The number of hydrogen-bond donors (Lipinski definition) is 0. The molecule has 1 heterocycles. The van der Waals surface area contributed by atoms with Crippen LogP contribution in [0.5, 0.6) is 0 Å². The van der Waals surface area contributed by atoms with E-state index in [-0.39, 0.29) is 0 Å². The molecular formula is C45H43B13N2. The summed E-state index contributed by atoms with van der Waals surface area (Å²) in [6, 6.07) is 38.0. The van der Waals surface area contributed by atoms with Crippen molar-refractivity contribution in [1.29, 1.82) is 0 Å². The van der Waals surface area contributed by atoms with Crippen molar-refractivity contribution in [2.24, 2.45) is 0 Å². The summed E-state index contributed by atoms with van der Waals surface area (Å²) in [5, 5.41) is 5.42. The van der Waals surface area contributed by atoms with E-state index in [1.165, 1.54) is 132 Å². The number of para-hydroxylation sites is 2. The van der Waals surface area contributed by atoms with Gasteiger partial charge in [-0.05, 0) is 79.2 Å². The van der Waals surface area contributed by atoms with Crippen molar-refractivity contribution >= 4 is 206 Å². The van der Waals surface area contributed by atoms with Gasteiger partial charge in [-0.2, -0.15) is 0 Å². The van der Waals surface area contributed by atoms with Crippen molar-refractivity contribution in [3.8, 4) is 50.5 Å². The summed E-state index contributed by atoms with van der Waals surface area (Å²) in [4.78, 5) is 5.36. The van der Waals surface area contributed by atoms with Gasteiger partial charge in [0.15, 0.2) is 0 Å². The highest BCUT2D eigenvalue weighted by Gasteiger charge is 2.27. The highest BCUT2D eigenvalue weighted by molar-refractivity contribution is 6.72. The summed E-state index contributed by atoms with van der Waals surface area (Å²) in [6.45, 7) is 0. The van der Waals surface area contributed by atoms with Crippen molar-refractivity contribution in [2.45, 2.75) is 0 Å². The number of nitrogens with zero attached hydrogens (tertiary/aromatic N) is 2. The second-order valence-corrected chi connectivity index (χ2v) is 17.5. The molecule has 272 valence electrons. The van der Waals surface area contributed by atoms with Gasteiger partial charge in [-0.3, -0.25) is 4.57 Å². The zero-order valence-corrected chi connectivity index (χ0v) is 37.7. The molecule has 2 nitrogen and oxygen atoms in total. The Morgan fingerprint density at radius 1 is 0.317 bits per heavy atom. The second kappa shape index (κ2) is 14.9. The minimum Gasteiger partial charge on any atom is -0.292 e.